The first-order valence-electron chi connectivity index (χ1n) is 7.09. The van der Waals surface area contributed by atoms with E-state index in [1.807, 2.05) is 31.2 Å². The number of rotatable bonds is 7. The van der Waals surface area contributed by atoms with E-state index in [2.05, 4.69) is 4.72 Å². The molecule has 0 saturated heterocycles. The second-order valence-corrected chi connectivity index (χ2v) is 7.43. The quantitative estimate of drug-likeness (QED) is 0.800. The Kier molecular flexibility index (Phi) is 6.30. The normalized spacial score (nSPS) is 11.4. The minimum atomic E-state index is -3.66. The molecule has 0 unspecified atom stereocenters. The van der Waals surface area contributed by atoms with Crippen molar-refractivity contribution in [2.75, 3.05) is 13.2 Å². The zero-order valence-electron chi connectivity index (χ0n) is 12.6. The summed E-state index contributed by atoms with van der Waals surface area (Å²) in [6.07, 6.45) is 0.518. The van der Waals surface area contributed by atoms with E-state index in [0.717, 1.165) is 11.3 Å². The highest BCUT2D eigenvalue weighted by molar-refractivity contribution is 7.89. The average Bonchev–Trinajstić information content (AvgIpc) is 2.48. The second kappa shape index (κ2) is 8.02. The second-order valence-electron chi connectivity index (χ2n) is 4.79. The van der Waals surface area contributed by atoms with E-state index >= 15 is 0 Å². The molecule has 23 heavy (non-hydrogen) atoms. The zero-order valence-corrected chi connectivity index (χ0v) is 14.9. The van der Waals surface area contributed by atoms with Crippen LogP contribution in [0, 0.1) is 0 Å². The van der Waals surface area contributed by atoms with Crippen molar-refractivity contribution in [3.8, 4) is 5.75 Å². The summed E-state index contributed by atoms with van der Waals surface area (Å²) in [6, 6.07) is 11.8. The van der Waals surface area contributed by atoms with Gasteiger partial charge >= 0.3 is 0 Å². The third-order valence-electron chi connectivity index (χ3n) is 3.11. The maximum atomic E-state index is 12.3. The molecule has 0 amide bonds. The van der Waals surface area contributed by atoms with Gasteiger partial charge in [-0.2, -0.15) is 0 Å². The molecule has 0 aliphatic carbocycles. The summed E-state index contributed by atoms with van der Waals surface area (Å²) in [5.74, 6) is 0.764. The molecule has 0 fully saturated rings. The molecule has 0 heterocycles. The van der Waals surface area contributed by atoms with Crippen LogP contribution in [0.25, 0.3) is 0 Å². The molecule has 0 aliphatic rings. The lowest BCUT2D eigenvalue weighted by molar-refractivity contribution is 0.336. The molecule has 0 spiro atoms. The smallest absolute Gasteiger partial charge is 0.240 e. The molecule has 7 heteroatoms. The molecular weight excluding hydrogens is 357 g/mol. The van der Waals surface area contributed by atoms with E-state index in [1.54, 1.807) is 0 Å². The molecule has 0 saturated carbocycles. The van der Waals surface area contributed by atoms with Gasteiger partial charge in [-0.25, -0.2) is 13.1 Å². The molecule has 0 aliphatic heterocycles. The summed E-state index contributed by atoms with van der Waals surface area (Å²) in [5, 5.41) is 0.555. The number of hydrogen-bond acceptors (Lipinski definition) is 3. The number of benzene rings is 2. The van der Waals surface area contributed by atoms with Gasteiger partial charge in [-0.15, -0.1) is 0 Å². The van der Waals surface area contributed by atoms with Crippen LogP contribution in [-0.2, 0) is 16.4 Å². The number of para-hydroxylation sites is 1. The summed E-state index contributed by atoms with van der Waals surface area (Å²) in [4.78, 5) is 0.0492. The van der Waals surface area contributed by atoms with Crippen LogP contribution < -0.4 is 9.46 Å². The van der Waals surface area contributed by atoms with Gasteiger partial charge in [0.1, 0.15) is 5.75 Å². The third kappa shape index (κ3) is 5.11. The third-order valence-corrected chi connectivity index (χ3v) is 4.98. The van der Waals surface area contributed by atoms with Gasteiger partial charge in [0.15, 0.2) is 0 Å². The van der Waals surface area contributed by atoms with Gasteiger partial charge in [0.05, 0.1) is 11.5 Å². The van der Waals surface area contributed by atoms with Crippen LogP contribution in [0.4, 0.5) is 0 Å². The largest absolute Gasteiger partial charge is 0.494 e. The average molecular weight is 374 g/mol. The molecule has 0 radical (unpaired) electrons. The van der Waals surface area contributed by atoms with Crippen molar-refractivity contribution < 1.29 is 13.2 Å². The fourth-order valence-electron chi connectivity index (χ4n) is 2.09. The van der Waals surface area contributed by atoms with E-state index in [0.29, 0.717) is 13.0 Å². The minimum absolute atomic E-state index is 0.0492. The molecule has 4 nitrogen and oxygen atoms in total. The Morgan fingerprint density at radius 2 is 1.74 bits per heavy atom. The monoisotopic (exact) mass is 373 g/mol. The van der Waals surface area contributed by atoms with Crippen LogP contribution in [0.2, 0.25) is 10.0 Å². The Balaban J connectivity index is 2.05. The number of hydrogen-bond donors (Lipinski definition) is 1. The van der Waals surface area contributed by atoms with E-state index in [1.165, 1.54) is 18.2 Å². The van der Waals surface area contributed by atoms with Crippen LogP contribution in [0.5, 0.6) is 5.75 Å². The van der Waals surface area contributed by atoms with E-state index in [9.17, 15) is 8.42 Å². The molecule has 2 aromatic rings. The highest BCUT2D eigenvalue weighted by Crippen LogP contribution is 2.22. The number of sulfonamides is 1. The van der Waals surface area contributed by atoms with Crippen molar-refractivity contribution in [3.05, 3.63) is 58.1 Å². The lowest BCUT2D eigenvalue weighted by Crippen LogP contribution is -2.26. The summed E-state index contributed by atoms with van der Waals surface area (Å²) < 4.78 is 32.6. The van der Waals surface area contributed by atoms with Gasteiger partial charge < -0.3 is 4.74 Å². The highest BCUT2D eigenvalue weighted by Gasteiger charge is 2.15. The minimum Gasteiger partial charge on any atom is -0.494 e. The number of halogens is 2. The Morgan fingerprint density at radius 1 is 1.09 bits per heavy atom. The molecule has 0 bridgehead atoms. The summed E-state index contributed by atoms with van der Waals surface area (Å²) in [6.45, 7) is 2.71. The Labute approximate surface area is 146 Å². The molecular formula is C16H17Cl2NO3S. The Hall–Kier alpha value is -1.27. The fraction of sp³-hybridized carbons (Fsp3) is 0.250. The van der Waals surface area contributed by atoms with Crippen molar-refractivity contribution in [1.29, 1.82) is 0 Å². The van der Waals surface area contributed by atoms with Crippen LogP contribution in [0.15, 0.2) is 47.4 Å². The van der Waals surface area contributed by atoms with Crippen LogP contribution >= 0.6 is 23.2 Å². The van der Waals surface area contributed by atoms with Gasteiger partial charge in [0.25, 0.3) is 0 Å². The summed E-state index contributed by atoms with van der Waals surface area (Å²) in [5.41, 5.74) is 0.946. The molecule has 0 aromatic heterocycles. The predicted octanol–water partition coefficient (Wildman–Crippen LogP) is 3.91. The summed E-state index contributed by atoms with van der Waals surface area (Å²) >= 11 is 11.7. The van der Waals surface area contributed by atoms with Crippen LogP contribution in [0.1, 0.15) is 12.5 Å². The van der Waals surface area contributed by atoms with Gasteiger partial charge in [0, 0.05) is 16.6 Å². The van der Waals surface area contributed by atoms with E-state index in [4.69, 9.17) is 27.9 Å². The summed E-state index contributed by atoms with van der Waals surface area (Å²) in [7, 11) is -3.66. The molecule has 1 N–H and O–H groups in total. The van der Waals surface area contributed by atoms with Crippen LogP contribution in [-0.4, -0.2) is 21.6 Å². The van der Waals surface area contributed by atoms with Gasteiger partial charge in [-0.1, -0.05) is 41.4 Å². The lowest BCUT2D eigenvalue weighted by Gasteiger charge is -2.11. The number of nitrogens with one attached hydrogen (secondary N) is 1. The molecule has 124 valence electrons. The van der Waals surface area contributed by atoms with Crippen molar-refractivity contribution in [1.82, 2.24) is 4.72 Å². The highest BCUT2D eigenvalue weighted by atomic mass is 35.5. The maximum absolute atomic E-state index is 12.3. The standard InChI is InChI=1S/C16H17Cl2NO3S/c1-2-22-16-6-4-3-5-12(16)7-8-19-23(20,21)15-10-13(17)9-14(18)11-15/h3-6,9-11,19H,2,7-8H2,1H3. The Bertz CT molecular complexity index is 758. The SMILES string of the molecule is CCOc1ccccc1CCNS(=O)(=O)c1cc(Cl)cc(Cl)c1. The van der Waals surface area contributed by atoms with Crippen molar-refractivity contribution in [2.45, 2.75) is 18.2 Å². The first kappa shape index (κ1) is 18.1. The predicted molar refractivity (Wildman–Crippen MR) is 93.0 cm³/mol. The molecule has 0 atom stereocenters. The fourth-order valence-corrected chi connectivity index (χ4v) is 3.85. The topological polar surface area (TPSA) is 55.4 Å². The molecule has 2 rings (SSSR count). The number of ether oxygens (including phenoxy) is 1. The zero-order chi connectivity index (χ0) is 16.9. The van der Waals surface area contributed by atoms with Gasteiger partial charge in [-0.05, 0) is 43.2 Å². The van der Waals surface area contributed by atoms with E-state index in [-0.39, 0.29) is 21.5 Å². The van der Waals surface area contributed by atoms with E-state index < -0.39 is 10.0 Å². The first-order chi connectivity index (χ1) is 10.9. The van der Waals surface area contributed by atoms with Crippen molar-refractivity contribution >= 4 is 33.2 Å². The maximum Gasteiger partial charge on any atom is 0.240 e. The lowest BCUT2D eigenvalue weighted by atomic mass is 10.1. The first-order valence-corrected chi connectivity index (χ1v) is 9.33. The van der Waals surface area contributed by atoms with Gasteiger partial charge in [-0.3, -0.25) is 0 Å². The molecule has 2 aromatic carbocycles. The van der Waals surface area contributed by atoms with Crippen LogP contribution in [0.3, 0.4) is 0 Å². The van der Waals surface area contributed by atoms with Crippen molar-refractivity contribution in [3.63, 3.8) is 0 Å². The van der Waals surface area contributed by atoms with Gasteiger partial charge in [0.2, 0.25) is 10.0 Å². The Morgan fingerprint density at radius 3 is 2.39 bits per heavy atom. The van der Waals surface area contributed by atoms with Crippen molar-refractivity contribution in [2.24, 2.45) is 0 Å².